The standard InChI is InChI=1S/C17H18N4O2/c22-16-9-13(12-3-1-2-4-14(12)20-16)17(23)19-11-5-6-15-18-7-8-21(15)10-11/h1-4,7-8,11,13H,5-6,9-10H2,(H,19,23)(H,20,22)/t11-,13-/m1/s1. The molecule has 0 radical (unpaired) electrons. The molecule has 1 aromatic carbocycles. The van der Waals surface area contributed by atoms with E-state index < -0.39 is 5.92 Å². The number of amides is 2. The third kappa shape index (κ3) is 2.60. The highest BCUT2D eigenvalue weighted by molar-refractivity contribution is 6.01. The molecular weight excluding hydrogens is 292 g/mol. The van der Waals surface area contributed by atoms with E-state index in [1.807, 2.05) is 30.5 Å². The van der Waals surface area contributed by atoms with Gasteiger partial charge in [0.15, 0.2) is 0 Å². The molecule has 2 aromatic rings. The van der Waals surface area contributed by atoms with Crippen molar-refractivity contribution >= 4 is 17.5 Å². The quantitative estimate of drug-likeness (QED) is 0.881. The summed E-state index contributed by atoms with van der Waals surface area (Å²) in [5, 5.41) is 5.94. The Balaban J connectivity index is 1.51. The molecule has 2 aliphatic rings. The molecule has 0 saturated carbocycles. The summed E-state index contributed by atoms with van der Waals surface area (Å²) in [7, 11) is 0. The summed E-state index contributed by atoms with van der Waals surface area (Å²) >= 11 is 0. The van der Waals surface area contributed by atoms with Crippen LogP contribution in [0, 0.1) is 0 Å². The Morgan fingerprint density at radius 3 is 3.13 bits per heavy atom. The SMILES string of the molecule is O=C1C[C@@H](C(=O)N[C@@H]2CCc3nccn3C2)c2ccccc2N1. The van der Waals surface area contributed by atoms with Gasteiger partial charge in [-0.2, -0.15) is 0 Å². The van der Waals surface area contributed by atoms with Crippen LogP contribution in [0.15, 0.2) is 36.7 Å². The van der Waals surface area contributed by atoms with E-state index in [1.165, 1.54) is 0 Å². The molecule has 6 heteroatoms. The summed E-state index contributed by atoms with van der Waals surface area (Å²) < 4.78 is 2.08. The van der Waals surface area contributed by atoms with Gasteiger partial charge in [-0.3, -0.25) is 9.59 Å². The highest BCUT2D eigenvalue weighted by Gasteiger charge is 2.32. The summed E-state index contributed by atoms with van der Waals surface area (Å²) in [4.78, 5) is 28.9. The number of hydrogen-bond donors (Lipinski definition) is 2. The molecule has 0 unspecified atom stereocenters. The predicted octanol–water partition coefficient (Wildman–Crippen LogP) is 1.44. The summed E-state index contributed by atoms with van der Waals surface area (Å²) in [5.41, 5.74) is 1.63. The van der Waals surface area contributed by atoms with Crippen molar-refractivity contribution in [2.45, 2.75) is 37.8 Å². The van der Waals surface area contributed by atoms with Gasteiger partial charge in [0, 0.05) is 43.5 Å². The zero-order valence-electron chi connectivity index (χ0n) is 12.7. The van der Waals surface area contributed by atoms with Crippen LogP contribution in [-0.4, -0.2) is 27.4 Å². The number of imidazole rings is 1. The first kappa shape index (κ1) is 14.0. The van der Waals surface area contributed by atoms with Gasteiger partial charge in [-0.05, 0) is 18.1 Å². The highest BCUT2D eigenvalue weighted by atomic mass is 16.2. The molecule has 23 heavy (non-hydrogen) atoms. The summed E-state index contributed by atoms with van der Waals surface area (Å²) in [6.45, 7) is 0.738. The third-order valence-electron chi connectivity index (χ3n) is 4.60. The van der Waals surface area contributed by atoms with E-state index in [4.69, 9.17) is 0 Å². The average Bonchev–Trinajstić information content (AvgIpc) is 3.01. The monoisotopic (exact) mass is 310 g/mol. The number of aryl methyl sites for hydroxylation is 1. The number of aromatic nitrogens is 2. The number of carbonyl (C=O) groups excluding carboxylic acids is 2. The molecule has 4 rings (SSSR count). The number of benzene rings is 1. The van der Waals surface area contributed by atoms with Crippen LogP contribution in [0.4, 0.5) is 5.69 Å². The van der Waals surface area contributed by atoms with Crippen LogP contribution in [0.5, 0.6) is 0 Å². The molecule has 1 aromatic heterocycles. The zero-order chi connectivity index (χ0) is 15.8. The fourth-order valence-corrected chi connectivity index (χ4v) is 3.43. The van der Waals surface area contributed by atoms with Gasteiger partial charge in [-0.1, -0.05) is 18.2 Å². The molecule has 3 heterocycles. The van der Waals surface area contributed by atoms with Gasteiger partial charge >= 0.3 is 0 Å². The minimum atomic E-state index is -0.413. The highest BCUT2D eigenvalue weighted by Crippen LogP contribution is 2.32. The lowest BCUT2D eigenvalue weighted by Gasteiger charge is -2.29. The third-order valence-corrected chi connectivity index (χ3v) is 4.60. The van der Waals surface area contributed by atoms with E-state index >= 15 is 0 Å². The van der Waals surface area contributed by atoms with Crippen molar-refractivity contribution in [3.8, 4) is 0 Å². The number of rotatable bonds is 2. The Morgan fingerprint density at radius 1 is 1.35 bits per heavy atom. The van der Waals surface area contributed by atoms with E-state index in [-0.39, 0.29) is 24.3 Å². The maximum Gasteiger partial charge on any atom is 0.228 e. The molecule has 2 amide bonds. The van der Waals surface area contributed by atoms with E-state index in [0.29, 0.717) is 0 Å². The second kappa shape index (κ2) is 5.53. The van der Waals surface area contributed by atoms with Crippen molar-refractivity contribution in [3.05, 3.63) is 48.0 Å². The fourth-order valence-electron chi connectivity index (χ4n) is 3.43. The first-order valence-corrected chi connectivity index (χ1v) is 7.90. The van der Waals surface area contributed by atoms with E-state index in [9.17, 15) is 9.59 Å². The van der Waals surface area contributed by atoms with E-state index in [1.54, 1.807) is 6.20 Å². The first-order chi connectivity index (χ1) is 11.2. The predicted molar refractivity (Wildman–Crippen MR) is 84.9 cm³/mol. The largest absolute Gasteiger partial charge is 0.351 e. The van der Waals surface area contributed by atoms with Crippen molar-refractivity contribution in [2.75, 3.05) is 5.32 Å². The van der Waals surface area contributed by atoms with Crippen LogP contribution in [0.25, 0.3) is 0 Å². The first-order valence-electron chi connectivity index (χ1n) is 7.90. The molecule has 2 aliphatic heterocycles. The number of hydrogen-bond acceptors (Lipinski definition) is 3. The Hall–Kier alpha value is -2.63. The lowest BCUT2D eigenvalue weighted by molar-refractivity contribution is -0.127. The lowest BCUT2D eigenvalue weighted by atomic mass is 9.89. The molecular formula is C17H18N4O2. The minimum absolute atomic E-state index is 0.0686. The molecule has 0 spiro atoms. The Morgan fingerprint density at radius 2 is 2.22 bits per heavy atom. The summed E-state index contributed by atoms with van der Waals surface area (Å²) in [6, 6.07) is 7.59. The second-order valence-corrected chi connectivity index (χ2v) is 6.13. The Kier molecular flexibility index (Phi) is 3.37. The van der Waals surface area contributed by atoms with Crippen LogP contribution < -0.4 is 10.6 Å². The number of nitrogens with one attached hydrogen (secondary N) is 2. The molecule has 2 atom stereocenters. The fraction of sp³-hybridized carbons (Fsp3) is 0.353. The number of para-hydroxylation sites is 1. The van der Waals surface area contributed by atoms with Gasteiger partial charge in [-0.15, -0.1) is 0 Å². The number of fused-ring (bicyclic) bond motifs is 2. The lowest BCUT2D eigenvalue weighted by Crippen LogP contribution is -2.44. The van der Waals surface area contributed by atoms with E-state index in [2.05, 4.69) is 20.2 Å². The van der Waals surface area contributed by atoms with Crippen molar-refractivity contribution in [2.24, 2.45) is 0 Å². The number of nitrogens with zero attached hydrogens (tertiary/aromatic N) is 2. The van der Waals surface area contributed by atoms with Gasteiger partial charge < -0.3 is 15.2 Å². The smallest absolute Gasteiger partial charge is 0.228 e. The Bertz CT molecular complexity index is 767. The molecule has 118 valence electrons. The van der Waals surface area contributed by atoms with Gasteiger partial charge in [0.2, 0.25) is 11.8 Å². The van der Waals surface area contributed by atoms with Crippen LogP contribution in [0.3, 0.4) is 0 Å². The van der Waals surface area contributed by atoms with Crippen molar-refractivity contribution in [3.63, 3.8) is 0 Å². The minimum Gasteiger partial charge on any atom is -0.351 e. The summed E-state index contributed by atoms with van der Waals surface area (Å²) in [6.07, 6.45) is 5.67. The van der Waals surface area contributed by atoms with Crippen LogP contribution in [0.1, 0.15) is 30.1 Å². The van der Waals surface area contributed by atoms with Gasteiger partial charge in [0.1, 0.15) is 5.82 Å². The van der Waals surface area contributed by atoms with Crippen LogP contribution in [0.2, 0.25) is 0 Å². The normalized spacial score (nSPS) is 22.7. The van der Waals surface area contributed by atoms with Crippen molar-refractivity contribution < 1.29 is 9.59 Å². The van der Waals surface area contributed by atoms with Crippen molar-refractivity contribution in [1.29, 1.82) is 0 Å². The van der Waals surface area contributed by atoms with Gasteiger partial charge in [-0.25, -0.2) is 4.98 Å². The second-order valence-electron chi connectivity index (χ2n) is 6.13. The molecule has 6 nitrogen and oxygen atoms in total. The van der Waals surface area contributed by atoms with Gasteiger partial charge in [0.25, 0.3) is 0 Å². The molecule has 0 saturated heterocycles. The molecule has 0 aliphatic carbocycles. The summed E-state index contributed by atoms with van der Waals surface area (Å²) in [5.74, 6) is 0.479. The molecule has 0 bridgehead atoms. The molecule has 2 N–H and O–H groups in total. The maximum absolute atomic E-state index is 12.7. The van der Waals surface area contributed by atoms with Crippen molar-refractivity contribution in [1.82, 2.24) is 14.9 Å². The maximum atomic E-state index is 12.7. The van der Waals surface area contributed by atoms with E-state index in [0.717, 1.165) is 36.5 Å². The average molecular weight is 310 g/mol. The zero-order valence-corrected chi connectivity index (χ0v) is 12.7. The Labute approximate surface area is 133 Å². The van der Waals surface area contributed by atoms with Crippen LogP contribution in [-0.2, 0) is 22.6 Å². The number of anilines is 1. The van der Waals surface area contributed by atoms with Crippen LogP contribution >= 0.6 is 0 Å². The topological polar surface area (TPSA) is 76.0 Å². The van der Waals surface area contributed by atoms with Gasteiger partial charge in [0.05, 0.1) is 5.92 Å². The number of carbonyl (C=O) groups is 2. The molecule has 0 fully saturated rings.